The molecule has 2 saturated carbocycles. The number of halogens is 5. The summed E-state index contributed by atoms with van der Waals surface area (Å²) in [6.45, 7) is 6.57. The lowest BCUT2D eigenvalue weighted by Crippen LogP contribution is -2.44. The first-order chi connectivity index (χ1) is 20.1. The molecule has 3 aliphatic rings. The third kappa shape index (κ3) is 7.77. The monoisotopic (exact) mass is 634 g/mol. The van der Waals surface area contributed by atoms with Crippen LogP contribution in [0.5, 0.6) is 5.75 Å². The van der Waals surface area contributed by atoms with Crippen molar-refractivity contribution in [3.05, 3.63) is 41.5 Å². The Bertz CT molecular complexity index is 1230. The molecule has 1 aromatic rings. The second kappa shape index (κ2) is 13.4. The minimum atomic E-state index is -5.66. The zero-order valence-corrected chi connectivity index (χ0v) is 26.0. The first kappa shape index (κ1) is 34.2. The van der Waals surface area contributed by atoms with Crippen LogP contribution in [0.2, 0.25) is 0 Å². The molecular weight excluding hydrogens is 587 g/mol. The van der Waals surface area contributed by atoms with Gasteiger partial charge >= 0.3 is 12.1 Å². The van der Waals surface area contributed by atoms with Gasteiger partial charge in [0, 0.05) is 6.42 Å². The maximum atomic E-state index is 13.0. The van der Waals surface area contributed by atoms with Gasteiger partial charge < -0.3 is 10.2 Å². The van der Waals surface area contributed by atoms with Crippen molar-refractivity contribution in [3.8, 4) is 5.75 Å². The van der Waals surface area contributed by atoms with Gasteiger partial charge in [0.15, 0.2) is 0 Å². The van der Waals surface area contributed by atoms with E-state index in [1.807, 2.05) is 6.07 Å². The van der Waals surface area contributed by atoms with E-state index in [0.717, 1.165) is 69.8 Å². The molecule has 2 N–H and O–H groups in total. The zero-order chi connectivity index (χ0) is 31.6. The van der Waals surface area contributed by atoms with E-state index in [1.165, 1.54) is 11.1 Å². The average Bonchev–Trinajstić information content (AvgIpc) is 3.14. The predicted octanol–water partition coefficient (Wildman–Crippen LogP) is 8.51. The number of unbranched alkanes of at least 4 members (excludes halogenated alkanes) is 6. The van der Waals surface area contributed by atoms with Gasteiger partial charge in [-0.3, -0.25) is 0 Å². The fourth-order valence-electron chi connectivity index (χ4n) is 8.35. The molecule has 0 bridgehead atoms. The van der Waals surface area contributed by atoms with Gasteiger partial charge in [0.1, 0.15) is 15.6 Å². The molecule has 0 aromatic heterocycles. The number of benzene rings is 1. The Labute approximate surface area is 253 Å². The van der Waals surface area contributed by atoms with Gasteiger partial charge in [0.2, 0.25) is 0 Å². The van der Waals surface area contributed by atoms with Crippen LogP contribution in [0, 0.1) is 23.2 Å². The number of sulfone groups is 1. The number of phenols is 1. The molecule has 0 saturated heterocycles. The Hall–Kier alpha value is -1.68. The highest BCUT2D eigenvalue weighted by Crippen LogP contribution is 2.64. The molecule has 2 fully saturated rings. The minimum absolute atomic E-state index is 0.0329. The van der Waals surface area contributed by atoms with Crippen LogP contribution < -0.4 is 0 Å². The standard InChI is InChI=1S/C33H47F5O4S/c1-22-29(40)21-28-30-23(19-24-20-25(39)12-13-26(24)27(30)14-16-31(22,28)2)11-8-6-4-3-5-7-9-17-43(41,42)18-10-15-32(34,35)33(36,37)38/h12-13,20,23,27-30,39-40H,1,3-11,14-19,21H2,2H3/t23?,27?,28?,29-,30?,31-/m1/s1. The topological polar surface area (TPSA) is 74.6 Å². The number of aromatic hydroxyl groups is 1. The predicted molar refractivity (Wildman–Crippen MR) is 158 cm³/mol. The molecule has 0 radical (unpaired) electrons. The number of alkyl halides is 5. The number of phenolic OH excluding ortho intramolecular Hbond substituents is 1. The fraction of sp³-hybridized carbons (Fsp3) is 0.758. The highest BCUT2D eigenvalue weighted by atomic mass is 32.2. The van der Waals surface area contributed by atoms with E-state index >= 15 is 0 Å². The molecule has 10 heteroatoms. The van der Waals surface area contributed by atoms with Gasteiger partial charge in [0.05, 0.1) is 17.6 Å². The molecule has 4 unspecified atom stereocenters. The Kier molecular flexibility index (Phi) is 10.6. The van der Waals surface area contributed by atoms with Crippen LogP contribution >= 0.6 is 0 Å². The molecular formula is C33H47F5O4S. The normalized spacial score (nSPS) is 29.3. The first-order valence-electron chi connectivity index (χ1n) is 15.9. The van der Waals surface area contributed by atoms with Gasteiger partial charge in [-0.2, -0.15) is 22.0 Å². The molecule has 0 aliphatic heterocycles. The third-order valence-corrected chi connectivity index (χ3v) is 12.6. The average molecular weight is 635 g/mol. The van der Waals surface area contributed by atoms with Crippen molar-refractivity contribution in [1.29, 1.82) is 0 Å². The highest BCUT2D eigenvalue weighted by molar-refractivity contribution is 7.91. The van der Waals surface area contributed by atoms with Crippen molar-refractivity contribution in [1.82, 2.24) is 0 Å². The van der Waals surface area contributed by atoms with E-state index in [9.17, 15) is 40.6 Å². The molecule has 0 spiro atoms. The van der Waals surface area contributed by atoms with E-state index in [1.54, 1.807) is 6.07 Å². The van der Waals surface area contributed by atoms with E-state index in [0.29, 0.717) is 42.3 Å². The molecule has 43 heavy (non-hydrogen) atoms. The molecule has 0 heterocycles. The van der Waals surface area contributed by atoms with Crippen molar-refractivity contribution in [3.63, 3.8) is 0 Å². The van der Waals surface area contributed by atoms with E-state index < -0.39 is 46.6 Å². The largest absolute Gasteiger partial charge is 0.508 e. The lowest BCUT2D eigenvalue weighted by Gasteiger charge is -2.52. The lowest BCUT2D eigenvalue weighted by molar-refractivity contribution is -0.284. The quantitative estimate of drug-likeness (QED) is 0.122. The SMILES string of the molecule is C=C1[C@H](O)CC2C3C(CCCCCCCCCS(=O)(=O)CCCC(F)(F)C(F)(F)F)Cc4cc(O)ccc4C3CC[C@]12C. The summed E-state index contributed by atoms with van der Waals surface area (Å²) in [6, 6.07) is 5.81. The van der Waals surface area contributed by atoms with Crippen LogP contribution in [0.1, 0.15) is 107 Å². The van der Waals surface area contributed by atoms with Crippen molar-refractivity contribution in [2.24, 2.45) is 23.2 Å². The second-order valence-corrected chi connectivity index (χ2v) is 15.9. The van der Waals surface area contributed by atoms with E-state index in [-0.39, 0.29) is 11.2 Å². The number of aliphatic hydroxyl groups is 1. The Morgan fingerprint density at radius 2 is 1.60 bits per heavy atom. The van der Waals surface area contributed by atoms with Crippen molar-refractivity contribution in [2.45, 2.75) is 121 Å². The van der Waals surface area contributed by atoms with Crippen molar-refractivity contribution >= 4 is 9.84 Å². The molecule has 4 nitrogen and oxygen atoms in total. The number of aliphatic hydroxyl groups excluding tert-OH is 1. The van der Waals surface area contributed by atoms with Gasteiger partial charge in [-0.15, -0.1) is 0 Å². The smallest absolute Gasteiger partial charge is 0.453 e. The number of fused-ring (bicyclic) bond motifs is 5. The number of hydrogen-bond acceptors (Lipinski definition) is 4. The molecule has 0 amide bonds. The van der Waals surface area contributed by atoms with Crippen LogP contribution in [0.4, 0.5) is 22.0 Å². The second-order valence-electron chi connectivity index (χ2n) is 13.6. The summed E-state index contributed by atoms with van der Waals surface area (Å²) in [5, 5.41) is 20.9. The minimum Gasteiger partial charge on any atom is -0.508 e. The van der Waals surface area contributed by atoms with Crippen molar-refractivity contribution in [2.75, 3.05) is 11.5 Å². The summed E-state index contributed by atoms with van der Waals surface area (Å²) in [7, 11) is -3.65. The van der Waals surface area contributed by atoms with Gasteiger partial charge in [0.25, 0.3) is 0 Å². The van der Waals surface area contributed by atoms with Crippen LogP contribution in [-0.2, 0) is 16.3 Å². The lowest BCUT2D eigenvalue weighted by atomic mass is 9.52. The summed E-state index contributed by atoms with van der Waals surface area (Å²) in [5.74, 6) is -3.61. The number of hydrogen-bond donors (Lipinski definition) is 2. The Balaban J connectivity index is 1.19. The van der Waals surface area contributed by atoms with Gasteiger partial charge in [-0.1, -0.05) is 58.1 Å². The maximum absolute atomic E-state index is 13.0. The summed E-state index contributed by atoms with van der Waals surface area (Å²) < 4.78 is 86.8. The summed E-state index contributed by atoms with van der Waals surface area (Å²) in [6.07, 6.45) is 2.58. The number of rotatable bonds is 14. The zero-order valence-electron chi connectivity index (χ0n) is 25.1. The molecule has 1 aromatic carbocycles. The highest BCUT2D eigenvalue weighted by Gasteiger charge is 2.57. The third-order valence-electron chi connectivity index (χ3n) is 10.8. The molecule has 244 valence electrons. The summed E-state index contributed by atoms with van der Waals surface area (Å²) in [5.41, 5.74) is 3.56. The fourth-order valence-corrected chi connectivity index (χ4v) is 9.78. The van der Waals surface area contributed by atoms with Crippen LogP contribution in [-0.4, -0.2) is 48.3 Å². The maximum Gasteiger partial charge on any atom is 0.453 e. The van der Waals surface area contributed by atoms with Gasteiger partial charge in [-0.25, -0.2) is 8.42 Å². The summed E-state index contributed by atoms with van der Waals surface area (Å²) >= 11 is 0. The van der Waals surface area contributed by atoms with Crippen LogP contribution in [0.15, 0.2) is 30.4 Å². The van der Waals surface area contributed by atoms with Crippen LogP contribution in [0.25, 0.3) is 0 Å². The first-order valence-corrected chi connectivity index (χ1v) is 17.7. The molecule has 4 rings (SSSR count). The van der Waals surface area contributed by atoms with Gasteiger partial charge in [-0.05, 0) is 103 Å². The Morgan fingerprint density at radius 3 is 2.28 bits per heavy atom. The molecule has 6 atom stereocenters. The summed E-state index contributed by atoms with van der Waals surface area (Å²) in [4.78, 5) is 0. The van der Waals surface area contributed by atoms with E-state index in [2.05, 4.69) is 19.6 Å². The molecule has 3 aliphatic carbocycles. The van der Waals surface area contributed by atoms with E-state index in [4.69, 9.17) is 0 Å². The van der Waals surface area contributed by atoms with Crippen LogP contribution in [0.3, 0.4) is 0 Å². The van der Waals surface area contributed by atoms with Crippen molar-refractivity contribution < 1.29 is 40.6 Å². The Morgan fingerprint density at radius 1 is 0.977 bits per heavy atom.